The molecular formula is C31H18O6. The highest BCUT2D eigenvalue weighted by atomic mass is 16.4. The van der Waals surface area contributed by atoms with Crippen molar-refractivity contribution in [3.63, 3.8) is 0 Å². The smallest absolute Gasteiger partial charge is 0.336 e. The van der Waals surface area contributed by atoms with Crippen molar-refractivity contribution >= 4 is 17.9 Å². The van der Waals surface area contributed by atoms with Crippen molar-refractivity contribution in [3.8, 4) is 34.8 Å². The van der Waals surface area contributed by atoms with Gasteiger partial charge < -0.3 is 15.3 Å². The summed E-state index contributed by atoms with van der Waals surface area (Å²) >= 11 is 0. The second-order valence-corrected chi connectivity index (χ2v) is 7.88. The lowest BCUT2D eigenvalue weighted by atomic mass is 9.93. The Morgan fingerprint density at radius 1 is 0.486 bits per heavy atom. The first-order chi connectivity index (χ1) is 17.8. The largest absolute Gasteiger partial charge is 0.478 e. The Morgan fingerprint density at radius 3 is 1.35 bits per heavy atom. The monoisotopic (exact) mass is 486 g/mol. The Kier molecular flexibility index (Phi) is 7.14. The van der Waals surface area contributed by atoms with Gasteiger partial charge in [-0.25, -0.2) is 14.4 Å². The number of aromatic carboxylic acids is 3. The molecule has 0 aliphatic carbocycles. The van der Waals surface area contributed by atoms with Gasteiger partial charge in [0.15, 0.2) is 0 Å². The first-order valence-corrected chi connectivity index (χ1v) is 11.0. The number of rotatable bonds is 4. The van der Waals surface area contributed by atoms with E-state index in [4.69, 9.17) is 10.2 Å². The molecule has 0 atom stereocenters. The summed E-state index contributed by atoms with van der Waals surface area (Å²) in [6.45, 7) is 0. The van der Waals surface area contributed by atoms with Crippen molar-refractivity contribution in [2.24, 2.45) is 0 Å². The second-order valence-electron chi connectivity index (χ2n) is 7.88. The molecule has 0 saturated carbocycles. The van der Waals surface area contributed by atoms with E-state index in [-0.39, 0.29) is 16.7 Å². The van der Waals surface area contributed by atoms with E-state index in [1.54, 1.807) is 60.7 Å². The minimum atomic E-state index is -1.09. The fourth-order valence-corrected chi connectivity index (χ4v) is 3.54. The Hall–Kier alpha value is -5.59. The SMILES string of the molecule is O=C(O)c1ccc(C#Cc2ccc(-c3c(C#Cc4ccc(C(=O)O)cc4)cccc3C(=O)O)cc2)cc1. The number of carboxylic acid groups (broad SMARTS) is 3. The van der Waals surface area contributed by atoms with Crippen LogP contribution in [0, 0.1) is 23.7 Å². The fourth-order valence-electron chi connectivity index (χ4n) is 3.54. The van der Waals surface area contributed by atoms with Crippen LogP contribution in [0.3, 0.4) is 0 Å². The molecule has 0 bridgehead atoms. The maximum absolute atomic E-state index is 12.0. The van der Waals surface area contributed by atoms with Gasteiger partial charge in [0.25, 0.3) is 0 Å². The number of hydrogen-bond acceptors (Lipinski definition) is 3. The lowest BCUT2D eigenvalue weighted by Crippen LogP contribution is -2.01. The molecule has 3 N–H and O–H groups in total. The molecule has 4 aromatic rings. The lowest BCUT2D eigenvalue weighted by Gasteiger charge is -2.09. The standard InChI is InChI=1S/C31H18O6/c32-29(33)25-16-9-21(10-17-25)5-4-20-7-14-24(15-8-20)28-23(2-1-3-27(28)31(36)37)13-6-22-11-18-26(19-12-22)30(34)35/h1-3,7-12,14-19H,(H,32,33)(H,34,35)(H,36,37). The van der Waals surface area contributed by atoms with Crippen molar-refractivity contribution in [3.05, 3.63) is 130 Å². The van der Waals surface area contributed by atoms with E-state index in [2.05, 4.69) is 23.7 Å². The van der Waals surface area contributed by atoms with Crippen LogP contribution in [0.25, 0.3) is 11.1 Å². The fraction of sp³-hybridized carbons (Fsp3) is 0. The van der Waals surface area contributed by atoms with Crippen LogP contribution in [0.2, 0.25) is 0 Å². The van der Waals surface area contributed by atoms with Gasteiger partial charge in [-0.05, 0) is 78.4 Å². The summed E-state index contributed by atoms with van der Waals surface area (Å²) in [5, 5.41) is 27.8. The van der Waals surface area contributed by atoms with Crippen molar-refractivity contribution in [2.45, 2.75) is 0 Å². The molecule has 0 spiro atoms. The van der Waals surface area contributed by atoms with E-state index in [9.17, 15) is 19.5 Å². The Morgan fingerprint density at radius 2 is 0.919 bits per heavy atom. The molecule has 0 aromatic heterocycles. The average molecular weight is 486 g/mol. The Bertz CT molecular complexity index is 1620. The molecular weight excluding hydrogens is 468 g/mol. The van der Waals surface area contributed by atoms with E-state index in [0.29, 0.717) is 33.4 Å². The van der Waals surface area contributed by atoms with Gasteiger partial charge in [0.1, 0.15) is 0 Å². The van der Waals surface area contributed by atoms with E-state index in [0.717, 1.165) is 0 Å². The molecule has 0 amide bonds. The maximum Gasteiger partial charge on any atom is 0.336 e. The summed E-state index contributed by atoms with van der Waals surface area (Å²) in [5.74, 6) is 8.87. The molecule has 6 heteroatoms. The van der Waals surface area contributed by atoms with Gasteiger partial charge in [0.2, 0.25) is 0 Å². The van der Waals surface area contributed by atoms with Gasteiger partial charge in [-0.2, -0.15) is 0 Å². The van der Waals surface area contributed by atoms with Crippen molar-refractivity contribution in [2.75, 3.05) is 0 Å². The van der Waals surface area contributed by atoms with Crippen molar-refractivity contribution in [1.29, 1.82) is 0 Å². The first-order valence-electron chi connectivity index (χ1n) is 11.0. The molecule has 178 valence electrons. The third-order valence-electron chi connectivity index (χ3n) is 5.42. The molecule has 37 heavy (non-hydrogen) atoms. The minimum Gasteiger partial charge on any atom is -0.478 e. The topological polar surface area (TPSA) is 112 Å². The van der Waals surface area contributed by atoms with Gasteiger partial charge in [-0.3, -0.25) is 0 Å². The zero-order valence-electron chi connectivity index (χ0n) is 19.2. The predicted molar refractivity (Wildman–Crippen MR) is 138 cm³/mol. The van der Waals surface area contributed by atoms with Crippen LogP contribution in [0.4, 0.5) is 0 Å². The van der Waals surface area contributed by atoms with Gasteiger partial charge in [-0.15, -0.1) is 0 Å². The summed E-state index contributed by atoms with van der Waals surface area (Å²) in [4.78, 5) is 34.0. The lowest BCUT2D eigenvalue weighted by molar-refractivity contribution is 0.0686. The molecule has 0 fully saturated rings. The highest BCUT2D eigenvalue weighted by Gasteiger charge is 2.15. The van der Waals surface area contributed by atoms with Gasteiger partial charge in [0.05, 0.1) is 16.7 Å². The van der Waals surface area contributed by atoms with Crippen LogP contribution in [0.1, 0.15) is 53.3 Å². The van der Waals surface area contributed by atoms with Crippen LogP contribution in [0.5, 0.6) is 0 Å². The normalized spacial score (nSPS) is 9.84. The molecule has 0 unspecified atom stereocenters. The van der Waals surface area contributed by atoms with Crippen LogP contribution in [-0.4, -0.2) is 33.2 Å². The number of hydrogen-bond donors (Lipinski definition) is 3. The zero-order valence-corrected chi connectivity index (χ0v) is 19.2. The van der Waals surface area contributed by atoms with Crippen molar-refractivity contribution < 1.29 is 29.7 Å². The van der Waals surface area contributed by atoms with E-state index < -0.39 is 17.9 Å². The molecule has 0 radical (unpaired) electrons. The first kappa shape index (κ1) is 24.5. The number of benzene rings is 4. The summed E-state index contributed by atoms with van der Waals surface area (Å²) in [6, 6.07) is 24.3. The molecule has 0 heterocycles. The van der Waals surface area contributed by atoms with Crippen LogP contribution >= 0.6 is 0 Å². The third-order valence-corrected chi connectivity index (χ3v) is 5.42. The molecule has 6 nitrogen and oxygen atoms in total. The summed E-state index contributed by atoms with van der Waals surface area (Å²) < 4.78 is 0. The van der Waals surface area contributed by atoms with Crippen LogP contribution in [0.15, 0.2) is 91.0 Å². The molecule has 0 aliphatic rings. The summed E-state index contributed by atoms with van der Waals surface area (Å²) in [6.07, 6.45) is 0. The maximum atomic E-state index is 12.0. The summed E-state index contributed by atoms with van der Waals surface area (Å²) in [7, 11) is 0. The van der Waals surface area contributed by atoms with Crippen molar-refractivity contribution in [1.82, 2.24) is 0 Å². The van der Waals surface area contributed by atoms with Gasteiger partial charge in [0, 0.05) is 27.8 Å². The molecule has 4 rings (SSSR count). The summed E-state index contributed by atoms with van der Waals surface area (Å²) in [5.41, 5.74) is 4.03. The van der Waals surface area contributed by atoms with Gasteiger partial charge in [-0.1, -0.05) is 41.9 Å². The average Bonchev–Trinajstić information content (AvgIpc) is 2.91. The Labute approximate surface area is 212 Å². The second kappa shape index (κ2) is 10.8. The van der Waals surface area contributed by atoms with Crippen LogP contribution in [-0.2, 0) is 0 Å². The third kappa shape index (κ3) is 5.92. The predicted octanol–water partition coefficient (Wildman–Crippen LogP) is 5.25. The number of carboxylic acids is 3. The molecule has 0 aliphatic heterocycles. The van der Waals surface area contributed by atoms with E-state index in [1.807, 2.05) is 0 Å². The minimum absolute atomic E-state index is 0.102. The quantitative estimate of drug-likeness (QED) is 0.340. The van der Waals surface area contributed by atoms with E-state index in [1.165, 1.54) is 30.3 Å². The van der Waals surface area contributed by atoms with Crippen LogP contribution < -0.4 is 0 Å². The zero-order chi connectivity index (χ0) is 26.4. The Balaban J connectivity index is 1.65. The highest BCUT2D eigenvalue weighted by Crippen LogP contribution is 2.28. The highest BCUT2D eigenvalue weighted by molar-refractivity contribution is 5.98. The molecule has 0 saturated heterocycles. The van der Waals surface area contributed by atoms with Gasteiger partial charge >= 0.3 is 17.9 Å². The number of carbonyl (C=O) groups is 3. The molecule has 4 aromatic carbocycles. The van der Waals surface area contributed by atoms with E-state index >= 15 is 0 Å².